The van der Waals surface area contributed by atoms with Gasteiger partial charge in [-0.05, 0) is 18.6 Å². The van der Waals surface area contributed by atoms with Gasteiger partial charge in [-0.25, -0.2) is 4.79 Å². The Kier molecular flexibility index (Phi) is 7.72. The Morgan fingerprint density at radius 2 is 2.00 bits per heavy atom. The zero-order valence-electron chi connectivity index (χ0n) is 16.5. The minimum atomic E-state index is -1.58. The van der Waals surface area contributed by atoms with Crippen LogP contribution in [0.4, 0.5) is 0 Å². The van der Waals surface area contributed by atoms with Crippen LogP contribution in [0.15, 0.2) is 12.1 Å². The quantitative estimate of drug-likeness (QED) is 0.332. The van der Waals surface area contributed by atoms with Gasteiger partial charge in [0.05, 0.1) is 25.4 Å². The molecule has 0 amide bonds. The van der Waals surface area contributed by atoms with Gasteiger partial charge >= 0.3 is 5.97 Å². The van der Waals surface area contributed by atoms with Crippen LogP contribution in [0.25, 0.3) is 0 Å². The summed E-state index contributed by atoms with van der Waals surface area (Å²) in [6.45, 7) is 9.41. The van der Waals surface area contributed by atoms with Gasteiger partial charge in [-0.1, -0.05) is 38.9 Å². The van der Waals surface area contributed by atoms with Crippen molar-refractivity contribution in [3.63, 3.8) is 0 Å². The van der Waals surface area contributed by atoms with Crippen LogP contribution >= 0.6 is 0 Å². The van der Waals surface area contributed by atoms with Crippen LogP contribution in [0.3, 0.4) is 0 Å². The molecule has 0 aromatic heterocycles. The second-order valence-corrected chi connectivity index (χ2v) is 12.1. The van der Waals surface area contributed by atoms with E-state index in [4.69, 9.17) is 18.9 Å². The van der Waals surface area contributed by atoms with Gasteiger partial charge in [-0.3, -0.25) is 0 Å². The van der Waals surface area contributed by atoms with Gasteiger partial charge in [0.25, 0.3) is 0 Å². The molecular weight excluding hydrogens is 364 g/mol. The van der Waals surface area contributed by atoms with E-state index >= 15 is 0 Å². The summed E-state index contributed by atoms with van der Waals surface area (Å²) in [5, 5.41) is 10.5. The first-order valence-electron chi connectivity index (χ1n) is 9.22. The molecule has 1 saturated heterocycles. The van der Waals surface area contributed by atoms with E-state index in [2.05, 4.69) is 31.1 Å². The number of aromatic hydroxyl groups is 1. The molecule has 1 aromatic rings. The van der Waals surface area contributed by atoms with Crippen molar-refractivity contribution in [3.8, 4) is 23.0 Å². The minimum absolute atomic E-state index is 0.0290. The van der Waals surface area contributed by atoms with Crippen molar-refractivity contribution in [3.05, 3.63) is 23.3 Å². The number of hydrogen-bond donors (Lipinski definition) is 1. The summed E-state index contributed by atoms with van der Waals surface area (Å²) >= 11 is 0. The van der Waals surface area contributed by atoms with Crippen LogP contribution in [-0.2, 0) is 19.0 Å². The third kappa shape index (κ3) is 6.90. The summed E-state index contributed by atoms with van der Waals surface area (Å²) in [5.41, 5.74) is 4.23. The Labute approximate surface area is 161 Å². The van der Waals surface area contributed by atoms with Crippen LogP contribution in [0, 0.1) is 11.5 Å². The molecule has 2 rings (SSSR count). The molecule has 0 unspecified atom stereocenters. The first-order chi connectivity index (χ1) is 12.8. The third-order valence-electron chi connectivity index (χ3n) is 3.67. The lowest BCUT2D eigenvalue weighted by atomic mass is 10.1. The van der Waals surface area contributed by atoms with E-state index in [1.807, 2.05) is 6.92 Å². The van der Waals surface area contributed by atoms with E-state index in [0.29, 0.717) is 36.7 Å². The zero-order valence-corrected chi connectivity index (χ0v) is 17.5. The molecule has 1 aliphatic heterocycles. The molecule has 1 heterocycles. The van der Waals surface area contributed by atoms with Crippen LogP contribution in [-0.4, -0.2) is 45.6 Å². The van der Waals surface area contributed by atoms with Crippen molar-refractivity contribution < 1.29 is 28.8 Å². The van der Waals surface area contributed by atoms with E-state index in [1.165, 1.54) is 0 Å². The predicted molar refractivity (Wildman–Crippen MR) is 104 cm³/mol. The lowest BCUT2D eigenvalue weighted by Crippen LogP contribution is -2.17. The molecule has 27 heavy (non-hydrogen) atoms. The van der Waals surface area contributed by atoms with Crippen LogP contribution in [0.5, 0.6) is 11.5 Å². The lowest BCUT2D eigenvalue weighted by molar-refractivity contribution is -0.146. The smallest absolute Gasteiger partial charge is 0.344 e. The van der Waals surface area contributed by atoms with Gasteiger partial charge in [0.2, 0.25) is 0 Å². The minimum Gasteiger partial charge on any atom is -0.507 e. The topological polar surface area (TPSA) is 74.2 Å². The van der Waals surface area contributed by atoms with Gasteiger partial charge in [-0.2, -0.15) is 0 Å². The molecule has 1 aliphatic rings. The fourth-order valence-electron chi connectivity index (χ4n) is 2.33. The van der Waals surface area contributed by atoms with E-state index in [1.54, 1.807) is 12.1 Å². The predicted octanol–water partition coefficient (Wildman–Crippen LogP) is 3.39. The van der Waals surface area contributed by atoms with Gasteiger partial charge in [0.15, 0.2) is 12.9 Å². The summed E-state index contributed by atoms with van der Waals surface area (Å²) in [6.07, 6.45) is 1.03. The standard InChI is InChI=1S/C20H28O6Si/c1-5-6-8-23-18(22)14-26-17-13-15(7-11-27(2,3)4)12-16(21)19(17)20-24-9-10-25-20/h12-13,20-21H,5-6,8-10,14H2,1-4H3. The van der Waals surface area contributed by atoms with Gasteiger partial charge in [-0.15, -0.1) is 5.54 Å². The highest BCUT2D eigenvalue weighted by atomic mass is 28.3. The summed E-state index contributed by atoms with van der Waals surface area (Å²) < 4.78 is 21.7. The fraction of sp³-hybridized carbons (Fsp3) is 0.550. The Hall–Kier alpha value is -2.01. The van der Waals surface area contributed by atoms with Crippen LogP contribution in [0.1, 0.15) is 37.2 Å². The molecule has 0 radical (unpaired) electrons. The summed E-state index contributed by atoms with van der Waals surface area (Å²) in [7, 11) is -1.58. The monoisotopic (exact) mass is 392 g/mol. The molecule has 7 heteroatoms. The molecule has 0 aliphatic carbocycles. The first kappa shape index (κ1) is 21.3. The maximum atomic E-state index is 11.9. The third-order valence-corrected chi connectivity index (χ3v) is 4.54. The van der Waals surface area contributed by atoms with Crippen molar-refractivity contribution >= 4 is 14.0 Å². The van der Waals surface area contributed by atoms with Gasteiger partial charge in [0, 0.05) is 5.56 Å². The van der Waals surface area contributed by atoms with E-state index in [-0.39, 0.29) is 12.4 Å². The average Bonchev–Trinajstić information content (AvgIpc) is 3.11. The normalized spacial score (nSPS) is 14.5. The lowest BCUT2D eigenvalue weighted by Gasteiger charge is -2.17. The molecule has 0 bridgehead atoms. The molecule has 0 spiro atoms. The number of unbranched alkanes of at least 4 members (excludes halogenated alkanes) is 1. The molecule has 1 aromatic carbocycles. The Morgan fingerprint density at radius 1 is 1.30 bits per heavy atom. The van der Waals surface area contributed by atoms with Crippen molar-refractivity contribution in [1.29, 1.82) is 0 Å². The number of carbonyl (C=O) groups excluding carboxylic acids is 1. The van der Waals surface area contributed by atoms with Crippen molar-refractivity contribution in [1.82, 2.24) is 0 Å². The van der Waals surface area contributed by atoms with Crippen molar-refractivity contribution in [2.24, 2.45) is 0 Å². The Balaban J connectivity index is 2.22. The molecule has 6 nitrogen and oxygen atoms in total. The average molecular weight is 393 g/mol. The van der Waals surface area contributed by atoms with E-state index in [9.17, 15) is 9.90 Å². The number of hydrogen-bond acceptors (Lipinski definition) is 6. The summed E-state index contributed by atoms with van der Waals surface area (Å²) in [4.78, 5) is 11.9. The molecule has 0 atom stereocenters. The molecule has 148 valence electrons. The number of esters is 1. The molecular formula is C20H28O6Si. The molecule has 0 saturated carbocycles. The molecule has 1 fully saturated rings. The van der Waals surface area contributed by atoms with Crippen LogP contribution in [0.2, 0.25) is 19.6 Å². The Bertz CT molecular complexity index is 708. The second-order valence-electron chi connectivity index (χ2n) is 7.34. The zero-order chi connectivity index (χ0) is 19.9. The fourth-order valence-corrected chi connectivity index (χ4v) is 2.85. The second kappa shape index (κ2) is 9.79. The largest absolute Gasteiger partial charge is 0.507 e. The first-order valence-corrected chi connectivity index (χ1v) is 12.7. The molecule has 1 N–H and O–H groups in total. The number of phenols is 1. The summed E-state index contributed by atoms with van der Waals surface area (Å²) in [6, 6.07) is 3.27. The maximum Gasteiger partial charge on any atom is 0.344 e. The van der Waals surface area contributed by atoms with E-state index in [0.717, 1.165) is 12.8 Å². The Morgan fingerprint density at radius 3 is 2.63 bits per heavy atom. The van der Waals surface area contributed by atoms with Crippen molar-refractivity contribution in [2.45, 2.75) is 45.7 Å². The van der Waals surface area contributed by atoms with Gasteiger partial charge in [0.1, 0.15) is 19.6 Å². The number of rotatable bonds is 7. The van der Waals surface area contributed by atoms with Gasteiger partial charge < -0.3 is 24.1 Å². The highest BCUT2D eigenvalue weighted by Gasteiger charge is 2.27. The van der Waals surface area contributed by atoms with E-state index < -0.39 is 20.3 Å². The van der Waals surface area contributed by atoms with Crippen molar-refractivity contribution in [2.75, 3.05) is 26.4 Å². The number of benzene rings is 1. The number of carbonyl (C=O) groups is 1. The highest BCUT2D eigenvalue weighted by molar-refractivity contribution is 6.83. The SMILES string of the molecule is CCCCOC(=O)COc1cc(C#C[Si](C)(C)C)cc(O)c1C1OCCO1. The number of phenolic OH excluding ortho intramolecular Hbond substituents is 1. The number of ether oxygens (including phenoxy) is 4. The maximum absolute atomic E-state index is 11.9. The van der Waals surface area contributed by atoms with Crippen LogP contribution < -0.4 is 4.74 Å². The summed E-state index contributed by atoms with van der Waals surface area (Å²) in [5.74, 6) is 2.91. The highest BCUT2D eigenvalue weighted by Crippen LogP contribution is 2.39.